The van der Waals surface area contributed by atoms with E-state index in [1.807, 2.05) is 32.1 Å². The normalized spacial score (nSPS) is 16.2. The summed E-state index contributed by atoms with van der Waals surface area (Å²) in [6, 6.07) is 8.46. The zero-order valence-electron chi connectivity index (χ0n) is 13.9. The molecule has 0 bridgehead atoms. The molecule has 3 rings (SSSR count). The van der Waals surface area contributed by atoms with Crippen LogP contribution in [0.1, 0.15) is 43.1 Å². The predicted molar refractivity (Wildman–Crippen MR) is 92.7 cm³/mol. The van der Waals surface area contributed by atoms with Crippen LogP contribution in [0.5, 0.6) is 23.0 Å². The largest absolute Gasteiger partial charge is 0.508 e. The highest BCUT2D eigenvalue weighted by Gasteiger charge is 2.25. The topological polar surface area (TPSA) is 69.9 Å². The molecule has 0 saturated carbocycles. The van der Waals surface area contributed by atoms with E-state index in [1.165, 1.54) is 6.07 Å². The Labute approximate surface area is 141 Å². The van der Waals surface area contributed by atoms with Crippen molar-refractivity contribution in [2.24, 2.45) is 0 Å². The van der Waals surface area contributed by atoms with E-state index in [-0.39, 0.29) is 23.4 Å². The first-order chi connectivity index (χ1) is 11.5. The third-order valence-corrected chi connectivity index (χ3v) is 4.35. The zero-order chi connectivity index (χ0) is 17.3. The summed E-state index contributed by atoms with van der Waals surface area (Å²) in [7, 11) is 0. The van der Waals surface area contributed by atoms with Crippen LogP contribution in [-0.4, -0.2) is 15.3 Å². The van der Waals surface area contributed by atoms with Crippen LogP contribution in [0.25, 0.3) is 0 Å². The Bertz CT molecular complexity index is 788. The van der Waals surface area contributed by atoms with E-state index in [0.717, 1.165) is 29.5 Å². The highest BCUT2D eigenvalue weighted by molar-refractivity contribution is 5.52. The number of hydrogen-bond donors (Lipinski definition) is 3. The molecule has 0 saturated heterocycles. The van der Waals surface area contributed by atoms with Gasteiger partial charge in [-0.05, 0) is 56.4 Å². The minimum atomic E-state index is -0.216. The molecule has 0 fully saturated rings. The summed E-state index contributed by atoms with van der Waals surface area (Å²) < 4.78 is 6.07. The smallest absolute Gasteiger partial charge is 0.161 e. The lowest BCUT2D eigenvalue weighted by molar-refractivity contribution is 0.174. The van der Waals surface area contributed by atoms with Crippen molar-refractivity contribution in [2.45, 2.75) is 39.2 Å². The molecule has 0 aliphatic carbocycles. The number of ether oxygens (including phenoxy) is 1. The van der Waals surface area contributed by atoms with E-state index in [1.54, 1.807) is 12.1 Å². The van der Waals surface area contributed by atoms with E-state index in [9.17, 15) is 15.3 Å². The molecule has 0 aromatic heterocycles. The third-order valence-electron chi connectivity index (χ3n) is 4.35. The summed E-state index contributed by atoms with van der Waals surface area (Å²) in [4.78, 5) is 0. The van der Waals surface area contributed by atoms with Gasteiger partial charge in [0.15, 0.2) is 11.5 Å². The summed E-state index contributed by atoms with van der Waals surface area (Å²) in [5.74, 6) is 0.639. The molecular weight excluding hydrogens is 304 g/mol. The molecule has 0 amide bonds. The second-order valence-corrected chi connectivity index (χ2v) is 6.42. The molecular formula is C20H22O4. The highest BCUT2D eigenvalue weighted by Crippen LogP contribution is 2.41. The van der Waals surface area contributed by atoms with Crippen molar-refractivity contribution < 1.29 is 20.1 Å². The standard InChI is InChI=1S/C20H22O4/c1-12(2)3-7-16-15(8-9-17(22)20(16)23)18-10-5-13-4-6-14(21)11-19(13)24-18/h3-4,6,8-9,11,18,21-23H,5,7,10H2,1-2H3. The van der Waals surface area contributed by atoms with Gasteiger partial charge in [0.1, 0.15) is 17.6 Å². The summed E-state index contributed by atoms with van der Waals surface area (Å²) in [6.07, 6.45) is 3.95. The Balaban J connectivity index is 1.97. The summed E-state index contributed by atoms with van der Waals surface area (Å²) in [5, 5.41) is 29.8. The van der Waals surface area contributed by atoms with Crippen molar-refractivity contribution in [3.63, 3.8) is 0 Å². The fraction of sp³-hybridized carbons (Fsp3) is 0.300. The number of hydrogen-bond acceptors (Lipinski definition) is 4. The van der Waals surface area contributed by atoms with Gasteiger partial charge in [-0.15, -0.1) is 0 Å². The fourth-order valence-corrected chi connectivity index (χ4v) is 3.04. The summed E-state index contributed by atoms with van der Waals surface area (Å²) in [6.45, 7) is 3.99. The maximum atomic E-state index is 10.3. The SMILES string of the molecule is CC(C)=CCc1c(C2CCc3ccc(O)cc3O2)ccc(O)c1O. The van der Waals surface area contributed by atoms with Crippen molar-refractivity contribution in [1.82, 2.24) is 0 Å². The molecule has 2 aromatic carbocycles. The number of benzene rings is 2. The molecule has 1 atom stereocenters. The predicted octanol–water partition coefficient (Wildman–Crippen LogP) is 4.38. The van der Waals surface area contributed by atoms with Crippen LogP contribution in [0, 0.1) is 0 Å². The second kappa shape index (κ2) is 6.48. The Morgan fingerprint density at radius 2 is 1.96 bits per heavy atom. The Morgan fingerprint density at radius 1 is 1.17 bits per heavy atom. The number of rotatable bonds is 3. The molecule has 24 heavy (non-hydrogen) atoms. The Hall–Kier alpha value is -2.62. The van der Waals surface area contributed by atoms with Crippen molar-refractivity contribution >= 4 is 0 Å². The second-order valence-electron chi connectivity index (χ2n) is 6.42. The van der Waals surface area contributed by atoms with Gasteiger partial charge in [0.2, 0.25) is 0 Å². The van der Waals surface area contributed by atoms with Crippen LogP contribution in [0.3, 0.4) is 0 Å². The third kappa shape index (κ3) is 3.18. The molecule has 1 aliphatic rings. The quantitative estimate of drug-likeness (QED) is 0.578. The molecule has 4 heteroatoms. The monoisotopic (exact) mass is 326 g/mol. The van der Waals surface area contributed by atoms with E-state index in [4.69, 9.17) is 4.74 Å². The molecule has 1 aliphatic heterocycles. The lowest BCUT2D eigenvalue weighted by Crippen LogP contribution is -2.16. The van der Waals surface area contributed by atoms with Gasteiger partial charge in [0.05, 0.1) is 0 Å². The van der Waals surface area contributed by atoms with Crippen molar-refractivity contribution in [1.29, 1.82) is 0 Å². The van der Waals surface area contributed by atoms with Crippen LogP contribution in [0.2, 0.25) is 0 Å². The first-order valence-electron chi connectivity index (χ1n) is 8.11. The molecule has 1 heterocycles. The van der Waals surface area contributed by atoms with Crippen LogP contribution in [0.4, 0.5) is 0 Å². The van der Waals surface area contributed by atoms with Gasteiger partial charge in [0.25, 0.3) is 0 Å². The number of phenols is 3. The number of aryl methyl sites for hydroxylation is 1. The first kappa shape index (κ1) is 16.2. The maximum Gasteiger partial charge on any atom is 0.161 e. The van der Waals surface area contributed by atoms with Gasteiger partial charge < -0.3 is 20.1 Å². The van der Waals surface area contributed by atoms with Crippen LogP contribution in [0.15, 0.2) is 42.0 Å². The number of allylic oxidation sites excluding steroid dienone is 2. The molecule has 126 valence electrons. The van der Waals surface area contributed by atoms with Crippen molar-refractivity contribution in [2.75, 3.05) is 0 Å². The van der Waals surface area contributed by atoms with Crippen LogP contribution >= 0.6 is 0 Å². The highest BCUT2D eigenvalue weighted by atomic mass is 16.5. The van der Waals surface area contributed by atoms with Gasteiger partial charge in [-0.2, -0.15) is 0 Å². The van der Waals surface area contributed by atoms with Gasteiger partial charge >= 0.3 is 0 Å². The van der Waals surface area contributed by atoms with Gasteiger partial charge in [-0.1, -0.05) is 23.8 Å². The number of aromatic hydroxyl groups is 3. The van der Waals surface area contributed by atoms with E-state index in [2.05, 4.69) is 0 Å². The average Bonchev–Trinajstić information content (AvgIpc) is 2.55. The Kier molecular flexibility index (Phi) is 4.38. The lowest BCUT2D eigenvalue weighted by Gasteiger charge is -2.28. The molecule has 1 unspecified atom stereocenters. The zero-order valence-corrected chi connectivity index (χ0v) is 13.9. The average molecular weight is 326 g/mol. The number of phenolic OH excluding ortho intramolecular Hbond substituents is 3. The molecule has 2 aromatic rings. The van der Waals surface area contributed by atoms with Crippen molar-refractivity contribution in [3.8, 4) is 23.0 Å². The maximum absolute atomic E-state index is 10.3. The van der Waals surface area contributed by atoms with Gasteiger partial charge in [-0.3, -0.25) is 0 Å². The fourth-order valence-electron chi connectivity index (χ4n) is 3.04. The van der Waals surface area contributed by atoms with Crippen LogP contribution < -0.4 is 4.74 Å². The molecule has 4 nitrogen and oxygen atoms in total. The number of fused-ring (bicyclic) bond motifs is 1. The van der Waals surface area contributed by atoms with Gasteiger partial charge in [-0.25, -0.2) is 0 Å². The lowest BCUT2D eigenvalue weighted by atomic mass is 9.92. The minimum Gasteiger partial charge on any atom is -0.508 e. The molecule has 3 N–H and O–H groups in total. The van der Waals surface area contributed by atoms with Crippen molar-refractivity contribution in [3.05, 3.63) is 58.7 Å². The molecule has 0 radical (unpaired) electrons. The molecule has 0 spiro atoms. The van der Waals surface area contributed by atoms with E-state index >= 15 is 0 Å². The van der Waals surface area contributed by atoms with Crippen LogP contribution in [-0.2, 0) is 12.8 Å². The van der Waals surface area contributed by atoms with E-state index in [0.29, 0.717) is 17.7 Å². The van der Waals surface area contributed by atoms with E-state index < -0.39 is 0 Å². The summed E-state index contributed by atoms with van der Waals surface area (Å²) in [5.41, 5.74) is 3.77. The Morgan fingerprint density at radius 3 is 2.71 bits per heavy atom. The first-order valence-corrected chi connectivity index (χ1v) is 8.11. The summed E-state index contributed by atoms with van der Waals surface area (Å²) >= 11 is 0. The van der Waals surface area contributed by atoms with Gasteiger partial charge in [0, 0.05) is 11.6 Å². The minimum absolute atomic E-state index is 0.0877.